The second kappa shape index (κ2) is 9.73. The summed E-state index contributed by atoms with van der Waals surface area (Å²) in [7, 11) is 1.69. The molecule has 0 aliphatic heterocycles. The number of nitrogens with two attached hydrogens (primary N) is 1. The van der Waals surface area contributed by atoms with E-state index in [9.17, 15) is 0 Å². The van der Waals surface area contributed by atoms with Gasteiger partial charge in [0.1, 0.15) is 0 Å². The predicted octanol–water partition coefficient (Wildman–Crippen LogP) is 2.09. The van der Waals surface area contributed by atoms with Gasteiger partial charge in [-0.25, -0.2) is 0 Å². The standard InChI is InChI=1S/C14H30N2O2/c1-3-12-4-6-13(7-5-12)14(16-15)8-9-18-11-10-17-2/h12-14,16H,3-11,15H2,1-2H3. The molecule has 0 aromatic carbocycles. The molecule has 1 fully saturated rings. The van der Waals surface area contributed by atoms with Crippen molar-refractivity contribution in [3.63, 3.8) is 0 Å². The van der Waals surface area contributed by atoms with Gasteiger partial charge >= 0.3 is 0 Å². The second-order valence-electron chi connectivity index (χ2n) is 5.36. The highest BCUT2D eigenvalue weighted by Gasteiger charge is 2.26. The topological polar surface area (TPSA) is 56.5 Å². The van der Waals surface area contributed by atoms with Crippen molar-refractivity contribution in [1.29, 1.82) is 0 Å². The van der Waals surface area contributed by atoms with Crippen LogP contribution in [-0.4, -0.2) is 33.0 Å². The minimum Gasteiger partial charge on any atom is -0.382 e. The van der Waals surface area contributed by atoms with E-state index >= 15 is 0 Å². The van der Waals surface area contributed by atoms with E-state index in [4.69, 9.17) is 15.3 Å². The van der Waals surface area contributed by atoms with Gasteiger partial charge in [0.25, 0.3) is 0 Å². The molecule has 0 saturated heterocycles. The van der Waals surface area contributed by atoms with Gasteiger partial charge in [-0.05, 0) is 31.1 Å². The van der Waals surface area contributed by atoms with Crippen LogP contribution in [0.1, 0.15) is 45.4 Å². The molecule has 1 saturated carbocycles. The van der Waals surface area contributed by atoms with E-state index in [0.717, 1.165) is 24.9 Å². The first-order chi connectivity index (χ1) is 8.81. The lowest BCUT2D eigenvalue weighted by Crippen LogP contribution is -2.43. The summed E-state index contributed by atoms with van der Waals surface area (Å²) in [5.41, 5.74) is 2.98. The Morgan fingerprint density at radius 3 is 2.44 bits per heavy atom. The van der Waals surface area contributed by atoms with Crippen molar-refractivity contribution in [3.8, 4) is 0 Å². The van der Waals surface area contributed by atoms with Gasteiger partial charge in [0, 0.05) is 19.8 Å². The summed E-state index contributed by atoms with van der Waals surface area (Å²) in [6.45, 7) is 4.41. The maximum absolute atomic E-state index is 5.68. The first-order valence-corrected chi connectivity index (χ1v) is 7.34. The van der Waals surface area contributed by atoms with Crippen molar-refractivity contribution in [2.24, 2.45) is 17.7 Å². The van der Waals surface area contributed by atoms with Crippen LogP contribution in [0.5, 0.6) is 0 Å². The molecule has 0 aromatic heterocycles. The van der Waals surface area contributed by atoms with Crippen LogP contribution in [0.3, 0.4) is 0 Å². The second-order valence-corrected chi connectivity index (χ2v) is 5.36. The maximum atomic E-state index is 5.68. The molecule has 1 unspecified atom stereocenters. The Morgan fingerprint density at radius 1 is 1.17 bits per heavy atom. The third-order valence-corrected chi connectivity index (χ3v) is 4.26. The predicted molar refractivity (Wildman–Crippen MR) is 74.2 cm³/mol. The van der Waals surface area contributed by atoms with Gasteiger partial charge < -0.3 is 9.47 Å². The molecule has 0 spiro atoms. The SMILES string of the molecule is CCC1CCC(C(CCOCCOC)NN)CC1. The molecule has 0 amide bonds. The van der Waals surface area contributed by atoms with Gasteiger partial charge in [-0.15, -0.1) is 0 Å². The number of nitrogens with one attached hydrogen (secondary N) is 1. The maximum Gasteiger partial charge on any atom is 0.0700 e. The number of hydrazine groups is 1. The molecule has 1 aliphatic rings. The molecular formula is C14H30N2O2. The summed E-state index contributed by atoms with van der Waals surface area (Å²) in [6, 6.07) is 0.408. The smallest absolute Gasteiger partial charge is 0.0700 e. The number of methoxy groups -OCH3 is 1. The van der Waals surface area contributed by atoms with Gasteiger partial charge in [0.05, 0.1) is 13.2 Å². The molecule has 3 N–H and O–H groups in total. The van der Waals surface area contributed by atoms with Crippen molar-refractivity contribution in [1.82, 2.24) is 5.43 Å². The Hall–Kier alpha value is -0.160. The fraction of sp³-hybridized carbons (Fsp3) is 1.00. The summed E-state index contributed by atoms with van der Waals surface area (Å²) in [5, 5.41) is 0. The molecular weight excluding hydrogens is 228 g/mol. The van der Waals surface area contributed by atoms with Crippen LogP contribution in [0.25, 0.3) is 0 Å². The van der Waals surface area contributed by atoms with Gasteiger partial charge in [-0.3, -0.25) is 11.3 Å². The third kappa shape index (κ3) is 5.65. The normalized spacial score (nSPS) is 26.2. The quantitative estimate of drug-likeness (QED) is 0.378. The van der Waals surface area contributed by atoms with E-state index in [0.29, 0.717) is 19.3 Å². The van der Waals surface area contributed by atoms with Crippen molar-refractivity contribution in [3.05, 3.63) is 0 Å². The summed E-state index contributed by atoms with van der Waals surface area (Å²) >= 11 is 0. The highest BCUT2D eigenvalue weighted by Crippen LogP contribution is 2.33. The van der Waals surface area contributed by atoms with Crippen LogP contribution >= 0.6 is 0 Å². The molecule has 0 aromatic rings. The number of hydrogen-bond donors (Lipinski definition) is 2. The lowest BCUT2D eigenvalue weighted by molar-refractivity contribution is 0.0604. The number of ether oxygens (including phenoxy) is 2. The molecule has 4 heteroatoms. The minimum absolute atomic E-state index is 0.408. The Balaban J connectivity index is 2.16. The van der Waals surface area contributed by atoms with Gasteiger partial charge in [0.15, 0.2) is 0 Å². The molecule has 108 valence electrons. The largest absolute Gasteiger partial charge is 0.382 e. The van der Waals surface area contributed by atoms with Crippen LogP contribution in [-0.2, 0) is 9.47 Å². The molecule has 1 aliphatic carbocycles. The van der Waals surface area contributed by atoms with E-state index < -0.39 is 0 Å². The lowest BCUT2D eigenvalue weighted by atomic mass is 9.77. The molecule has 4 nitrogen and oxygen atoms in total. The van der Waals surface area contributed by atoms with Crippen molar-refractivity contribution in [2.75, 3.05) is 26.9 Å². The van der Waals surface area contributed by atoms with Crippen molar-refractivity contribution < 1.29 is 9.47 Å². The Kier molecular flexibility index (Phi) is 8.59. The summed E-state index contributed by atoms with van der Waals surface area (Å²) in [4.78, 5) is 0. The van der Waals surface area contributed by atoms with E-state index in [-0.39, 0.29) is 0 Å². The van der Waals surface area contributed by atoms with Crippen LogP contribution in [0.2, 0.25) is 0 Å². The number of hydrogen-bond acceptors (Lipinski definition) is 4. The summed E-state index contributed by atoms with van der Waals surface area (Å²) < 4.78 is 10.5. The van der Waals surface area contributed by atoms with Crippen molar-refractivity contribution in [2.45, 2.75) is 51.5 Å². The molecule has 18 heavy (non-hydrogen) atoms. The Labute approximate surface area is 112 Å². The van der Waals surface area contributed by atoms with E-state index in [1.165, 1.54) is 32.1 Å². The van der Waals surface area contributed by atoms with Crippen LogP contribution in [0.15, 0.2) is 0 Å². The summed E-state index contributed by atoms with van der Waals surface area (Å²) in [6.07, 6.45) is 7.68. The van der Waals surface area contributed by atoms with Crippen LogP contribution in [0, 0.1) is 11.8 Å². The zero-order valence-electron chi connectivity index (χ0n) is 12.0. The minimum atomic E-state index is 0.408. The zero-order valence-corrected chi connectivity index (χ0v) is 12.0. The Morgan fingerprint density at radius 2 is 1.89 bits per heavy atom. The first-order valence-electron chi connectivity index (χ1n) is 7.34. The fourth-order valence-corrected chi connectivity index (χ4v) is 2.91. The monoisotopic (exact) mass is 258 g/mol. The zero-order chi connectivity index (χ0) is 13.2. The molecule has 1 atom stereocenters. The van der Waals surface area contributed by atoms with E-state index in [1.54, 1.807) is 7.11 Å². The summed E-state index contributed by atoms with van der Waals surface area (Å²) in [5.74, 6) is 7.35. The fourth-order valence-electron chi connectivity index (χ4n) is 2.91. The van der Waals surface area contributed by atoms with Gasteiger partial charge in [-0.1, -0.05) is 26.2 Å². The van der Waals surface area contributed by atoms with Crippen molar-refractivity contribution >= 4 is 0 Å². The first kappa shape index (κ1) is 15.9. The highest BCUT2D eigenvalue weighted by atomic mass is 16.5. The lowest BCUT2D eigenvalue weighted by Gasteiger charge is -2.33. The average Bonchev–Trinajstić information content (AvgIpc) is 2.43. The van der Waals surface area contributed by atoms with E-state index in [1.807, 2.05) is 0 Å². The molecule has 0 heterocycles. The Bertz CT molecular complexity index is 194. The van der Waals surface area contributed by atoms with Gasteiger partial charge in [-0.2, -0.15) is 0 Å². The van der Waals surface area contributed by atoms with Gasteiger partial charge in [0.2, 0.25) is 0 Å². The van der Waals surface area contributed by atoms with E-state index in [2.05, 4.69) is 12.3 Å². The average molecular weight is 258 g/mol. The molecule has 1 rings (SSSR count). The van der Waals surface area contributed by atoms with Crippen LogP contribution in [0.4, 0.5) is 0 Å². The highest BCUT2D eigenvalue weighted by molar-refractivity contribution is 4.80. The molecule has 0 radical (unpaired) electrons. The van der Waals surface area contributed by atoms with Crippen LogP contribution < -0.4 is 11.3 Å². The third-order valence-electron chi connectivity index (χ3n) is 4.26. The number of rotatable bonds is 9. The molecule has 0 bridgehead atoms.